The van der Waals surface area contributed by atoms with Gasteiger partial charge in [-0.1, -0.05) is 125 Å². The van der Waals surface area contributed by atoms with Crippen molar-refractivity contribution in [2.75, 3.05) is 0 Å². The standard InChI is InChI=1S/C48H46S2/c1-3-5-7-9-15-33-25-45(49-32-33)48-44(20-10-8-6-4-2)46(40-23-21-38-26-34-16-11-13-18-36(34)28-42(38)30-40)47(50-48)41-24-22-39-27-35-17-12-14-19-37(35)29-43(39)31-41/h11-14,16-19,21-32H,3-10,15,20H2,1-2H3. The summed E-state index contributed by atoms with van der Waals surface area (Å²) in [6.45, 7) is 4.61. The van der Waals surface area contributed by atoms with E-state index in [4.69, 9.17) is 0 Å². The maximum atomic E-state index is 2.52. The van der Waals surface area contributed by atoms with Crippen LogP contribution >= 0.6 is 22.7 Å². The van der Waals surface area contributed by atoms with Crippen molar-refractivity contribution in [3.05, 3.63) is 132 Å². The Labute approximate surface area is 305 Å². The van der Waals surface area contributed by atoms with Gasteiger partial charge >= 0.3 is 0 Å². The van der Waals surface area contributed by atoms with E-state index in [-0.39, 0.29) is 0 Å². The summed E-state index contributed by atoms with van der Waals surface area (Å²) < 4.78 is 0. The molecule has 0 amide bonds. The van der Waals surface area contributed by atoms with Crippen LogP contribution in [0.15, 0.2) is 121 Å². The molecule has 2 heterocycles. The van der Waals surface area contributed by atoms with E-state index in [1.807, 2.05) is 22.7 Å². The average Bonchev–Trinajstić information content (AvgIpc) is 3.78. The molecular formula is C48H46S2. The van der Waals surface area contributed by atoms with E-state index >= 15 is 0 Å². The first-order valence-corrected chi connectivity index (χ1v) is 20.5. The zero-order chi connectivity index (χ0) is 33.9. The third kappa shape index (κ3) is 6.76. The first kappa shape index (κ1) is 32.9. The molecule has 0 aliphatic rings. The lowest BCUT2D eigenvalue weighted by atomic mass is 9.91. The topological polar surface area (TPSA) is 0 Å². The van der Waals surface area contributed by atoms with E-state index < -0.39 is 0 Å². The Hall–Kier alpha value is -4.24. The molecule has 6 aromatic carbocycles. The normalized spacial score (nSPS) is 11.8. The van der Waals surface area contributed by atoms with E-state index in [0.29, 0.717) is 0 Å². The third-order valence-corrected chi connectivity index (χ3v) is 12.9. The summed E-state index contributed by atoms with van der Waals surface area (Å²) in [5, 5.41) is 12.9. The van der Waals surface area contributed by atoms with Gasteiger partial charge in [-0.25, -0.2) is 0 Å². The van der Waals surface area contributed by atoms with Crippen molar-refractivity contribution in [3.63, 3.8) is 0 Å². The van der Waals surface area contributed by atoms with Gasteiger partial charge in [0.2, 0.25) is 0 Å². The van der Waals surface area contributed by atoms with Crippen molar-refractivity contribution < 1.29 is 0 Å². The van der Waals surface area contributed by atoms with Crippen LogP contribution in [0.25, 0.3) is 74.4 Å². The number of hydrogen-bond donors (Lipinski definition) is 0. The number of rotatable bonds is 13. The van der Waals surface area contributed by atoms with Gasteiger partial charge in [0, 0.05) is 20.2 Å². The van der Waals surface area contributed by atoms with Crippen molar-refractivity contribution >= 4 is 65.8 Å². The number of benzene rings is 6. The van der Waals surface area contributed by atoms with Crippen molar-refractivity contribution in [1.29, 1.82) is 0 Å². The Morgan fingerprint density at radius 1 is 0.440 bits per heavy atom. The van der Waals surface area contributed by atoms with Crippen LogP contribution in [0.2, 0.25) is 0 Å². The summed E-state index contributed by atoms with van der Waals surface area (Å²) >= 11 is 3.98. The third-order valence-electron chi connectivity index (χ3n) is 10.4. The molecule has 2 heteroatoms. The van der Waals surface area contributed by atoms with Gasteiger partial charge in [0.1, 0.15) is 0 Å². The zero-order valence-electron chi connectivity index (χ0n) is 29.4. The first-order chi connectivity index (χ1) is 24.7. The van der Waals surface area contributed by atoms with Crippen molar-refractivity contribution in [3.8, 4) is 31.3 Å². The molecule has 0 radical (unpaired) electrons. The average molecular weight is 687 g/mol. The number of unbranched alkanes of at least 4 members (excludes halogenated alkanes) is 6. The molecule has 0 atom stereocenters. The number of aryl methyl sites for hydroxylation is 1. The predicted molar refractivity (Wildman–Crippen MR) is 224 cm³/mol. The molecule has 0 spiro atoms. The molecule has 8 aromatic rings. The molecule has 50 heavy (non-hydrogen) atoms. The highest BCUT2D eigenvalue weighted by Crippen LogP contribution is 2.50. The molecule has 0 N–H and O–H groups in total. The van der Waals surface area contributed by atoms with E-state index in [0.717, 1.165) is 6.42 Å². The van der Waals surface area contributed by atoms with Crippen molar-refractivity contribution in [2.45, 2.75) is 78.1 Å². The van der Waals surface area contributed by atoms with E-state index in [1.54, 1.807) is 5.56 Å². The Kier molecular flexibility index (Phi) is 9.84. The highest BCUT2D eigenvalue weighted by atomic mass is 32.1. The second kappa shape index (κ2) is 14.9. The minimum atomic E-state index is 1.11. The monoisotopic (exact) mass is 686 g/mol. The molecule has 0 aliphatic carbocycles. The van der Waals surface area contributed by atoms with Crippen molar-refractivity contribution in [1.82, 2.24) is 0 Å². The van der Waals surface area contributed by atoms with Crippen LogP contribution in [0.3, 0.4) is 0 Å². The minimum Gasteiger partial charge on any atom is -0.143 e. The van der Waals surface area contributed by atoms with Crippen LogP contribution in [-0.2, 0) is 12.8 Å². The second-order valence-corrected chi connectivity index (χ2v) is 16.0. The molecule has 0 saturated carbocycles. The molecule has 2 aromatic heterocycles. The molecule has 0 unspecified atom stereocenters. The summed E-state index contributed by atoms with van der Waals surface area (Å²) in [4.78, 5) is 4.32. The van der Waals surface area contributed by atoms with Gasteiger partial charge in [-0.2, -0.15) is 0 Å². The quantitative estimate of drug-likeness (QED) is 0.0836. The Balaban J connectivity index is 1.31. The van der Waals surface area contributed by atoms with Crippen LogP contribution in [-0.4, -0.2) is 0 Å². The van der Waals surface area contributed by atoms with E-state index in [9.17, 15) is 0 Å². The molecule has 0 saturated heterocycles. The Morgan fingerprint density at radius 2 is 0.960 bits per heavy atom. The summed E-state index contributed by atoms with van der Waals surface area (Å²) in [6.07, 6.45) is 12.6. The highest BCUT2D eigenvalue weighted by Gasteiger charge is 2.23. The maximum Gasteiger partial charge on any atom is 0.0487 e. The SMILES string of the molecule is CCCCCCc1csc(-c2sc(-c3ccc4cc5ccccc5cc4c3)c(-c3ccc4cc5ccccc5cc4c3)c2CCCCCC)c1. The van der Waals surface area contributed by atoms with E-state index in [2.05, 4.69) is 134 Å². The Morgan fingerprint density at radius 3 is 1.56 bits per heavy atom. The van der Waals surface area contributed by atoms with Gasteiger partial charge in [0.15, 0.2) is 0 Å². The van der Waals surface area contributed by atoms with Crippen LogP contribution in [0, 0.1) is 0 Å². The summed E-state index contributed by atoms with van der Waals surface area (Å²) in [7, 11) is 0. The van der Waals surface area contributed by atoms with Gasteiger partial charge in [-0.3, -0.25) is 0 Å². The number of hydrogen-bond acceptors (Lipinski definition) is 2. The lowest BCUT2D eigenvalue weighted by Gasteiger charge is -2.12. The number of thiophene rings is 2. The van der Waals surface area contributed by atoms with Gasteiger partial charge in [0.25, 0.3) is 0 Å². The van der Waals surface area contributed by atoms with Gasteiger partial charge in [-0.05, 0) is 139 Å². The van der Waals surface area contributed by atoms with Gasteiger partial charge in [0.05, 0.1) is 0 Å². The van der Waals surface area contributed by atoms with Gasteiger partial charge < -0.3 is 0 Å². The van der Waals surface area contributed by atoms with Crippen LogP contribution < -0.4 is 0 Å². The molecule has 250 valence electrons. The maximum absolute atomic E-state index is 2.52. The molecular weight excluding hydrogens is 641 g/mol. The summed E-state index contributed by atoms with van der Waals surface area (Å²) in [5.74, 6) is 0. The Bertz CT molecular complexity index is 2420. The fourth-order valence-corrected chi connectivity index (χ4v) is 10.2. The van der Waals surface area contributed by atoms with Crippen LogP contribution in [0.1, 0.15) is 76.3 Å². The smallest absolute Gasteiger partial charge is 0.0487 e. The summed E-state index contributed by atoms with van der Waals surface area (Å²) in [6, 6.07) is 43.8. The number of fused-ring (bicyclic) bond motifs is 4. The van der Waals surface area contributed by atoms with Crippen molar-refractivity contribution in [2.24, 2.45) is 0 Å². The second-order valence-electron chi connectivity index (χ2n) is 14.1. The minimum absolute atomic E-state index is 1.11. The van der Waals surface area contributed by atoms with E-state index in [1.165, 1.54) is 138 Å². The first-order valence-electron chi connectivity index (χ1n) is 18.8. The fraction of sp³-hybridized carbons (Fsp3) is 0.250. The largest absolute Gasteiger partial charge is 0.143 e. The highest BCUT2D eigenvalue weighted by molar-refractivity contribution is 7.24. The predicted octanol–water partition coefficient (Wildman–Crippen LogP) is 15.7. The lowest BCUT2D eigenvalue weighted by molar-refractivity contribution is 0.667. The van der Waals surface area contributed by atoms with Crippen LogP contribution in [0.5, 0.6) is 0 Å². The molecule has 0 bridgehead atoms. The summed E-state index contributed by atoms with van der Waals surface area (Å²) in [5.41, 5.74) is 7.15. The molecule has 0 nitrogen and oxygen atoms in total. The van der Waals surface area contributed by atoms with Gasteiger partial charge in [-0.15, -0.1) is 22.7 Å². The molecule has 8 rings (SSSR count). The molecule has 0 aliphatic heterocycles. The van der Waals surface area contributed by atoms with Crippen LogP contribution in [0.4, 0.5) is 0 Å². The molecule has 0 fully saturated rings. The zero-order valence-corrected chi connectivity index (χ0v) is 31.1. The lowest BCUT2D eigenvalue weighted by Crippen LogP contribution is -1.92. The fourth-order valence-electron chi connectivity index (χ4n) is 7.70.